The van der Waals surface area contributed by atoms with Crippen LogP contribution in [0.15, 0.2) is 60.8 Å². The maximum Gasteiger partial charge on any atom is 0.328 e. The molecule has 2 aromatic heterocycles. The van der Waals surface area contributed by atoms with E-state index in [2.05, 4.69) is 25.9 Å². The molecular formula is C30H29F2N7O2. The van der Waals surface area contributed by atoms with Crippen LogP contribution in [-0.4, -0.2) is 39.5 Å². The van der Waals surface area contributed by atoms with Gasteiger partial charge in [-0.1, -0.05) is 18.2 Å². The third-order valence-electron chi connectivity index (χ3n) is 6.54. The van der Waals surface area contributed by atoms with Gasteiger partial charge in [0, 0.05) is 47.6 Å². The lowest BCUT2D eigenvalue weighted by Crippen LogP contribution is -2.43. The fourth-order valence-corrected chi connectivity index (χ4v) is 4.58. The van der Waals surface area contributed by atoms with Crippen LogP contribution in [0.4, 0.5) is 31.0 Å². The van der Waals surface area contributed by atoms with Gasteiger partial charge in [0.15, 0.2) is 5.82 Å². The predicted molar refractivity (Wildman–Crippen MR) is 152 cm³/mol. The quantitative estimate of drug-likeness (QED) is 0.272. The molecule has 41 heavy (non-hydrogen) atoms. The highest BCUT2D eigenvalue weighted by Gasteiger charge is 2.34. The Bertz CT molecular complexity index is 1590. The molecule has 0 radical (unpaired) electrons. The number of hydrogen-bond acceptors (Lipinski definition) is 6. The summed E-state index contributed by atoms with van der Waals surface area (Å²) in [5.41, 5.74) is 3.04. The number of benzene rings is 2. The number of urea groups is 1. The van der Waals surface area contributed by atoms with Gasteiger partial charge in [0.25, 0.3) is 5.91 Å². The van der Waals surface area contributed by atoms with Crippen LogP contribution in [0.25, 0.3) is 11.3 Å². The van der Waals surface area contributed by atoms with Crippen molar-refractivity contribution in [1.29, 1.82) is 0 Å². The molecule has 0 unspecified atom stereocenters. The van der Waals surface area contributed by atoms with Crippen molar-refractivity contribution in [3.63, 3.8) is 0 Å². The lowest BCUT2D eigenvalue weighted by Gasteiger charge is -2.31. The molecule has 0 atom stereocenters. The first kappa shape index (κ1) is 27.6. The lowest BCUT2D eigenvalue weighted by molar-refractivity contribution is 0.0943. The molecule has 3 N–H and O–H groups in total. The number of anilines is 3. The molecule has 1 aliphatic heterocycles. The van der Waals surface area contributed by atoms with Gasteiger partial charge in [0.05, 0.1) is 12.2 Å². The van der Waals surface area contributed by atoms with E-state index in [-0.39, 0.29) is 30.3 Å². The Labute approximate surface area is 236 Å². The number of carbonyl (C=O) groups is 2. The second kappa shape index (κ2) is 11.7. The standard InChI is InChI=1S/C30H29F2N7O2/c1-17(2)36-28(40)19-11-10-18(3)21(15-19)25-22-16-35-30(41)39(26-23(31)8-6-9-24(26)32)27(22)38-29(37-25)34-14-12-20-7-4-5-13-33-20/h4-11,13,15,17H,12,14,16H2,1-3H3,(H,35,41)(H,36,40)(H,34,37,38). The van der Waals surface area contributed by atoms with Crippen LogP contribution in [0, 0.1) is 18.6 Å². The molecule has 210 valence electrons. The summed E-state index contributed by atoms with van der Waals surface area (Å²) in [5, 5.41) is 8.73. The maximum atomic E-state index is 15.0. The number of para-hydroxylation sites is 1. The van der Waals surface area contributed by atoms with Gasteiger partial charge in [-0.2, -0.15) is 4.98 Å². The summed E-state index contributed by atoms with van der Waals surface area (Å²) in [6.45, 7) is 6.04. The van der Waals surface area contributed by atoms with E-state index < -0.39 is 23.4 Å². The number of aromatic nitrogens is 3. The van der Waals surface area contributed by atoms with Gasteiger partial charge in [-0.05, 0) is 62.7 Å². The molecule has 1 aliphatic rings. The van der Waals surface area contributed by atoms with Gasteiger partial charge in [0.2, 0.25) is 5.95 Å². The Kier molecular flexibility index (Phi) is 7.86. The molecule has 3 amide bonds. The van der Waals surface area contributed by atoms with Crippen molar-refractivity contribution in [3.05, 3.63) is 94.8 Å². The zero-order valence-electron chi connectivity index (χ0n) is 22.8. The molecule has 0 bridgehead atoms. The molecule has 0 saturated carbocycles. The Morgan fingerprint density at radius 3 is 2.56 bits per heavy atom. The van der Waals surface area contributed by atoms with E-state index in [1.807, 2.05) is 45.0 Å². The van der Waals surface area contributed by atoms with Crippen LogP contribution in [-0.2, 0) is 13.0 Å². The number of hydrogen-bond donors (Lipinski definition) is 3. The monoisotopic (exact) mass is 557 g/mol. The van der Waals surface area contributed by atoms with Crippen LogP contribution in [0.1, 0.15) is 41.0 Å². The summed E-state index contributed by atoms with van der Waals surface area (Å²) in [6.07, 6.45) is 2.26. The third-order valence-corrected chi connectivity index (χ3v) is 6.54. The van der Waals surface area contributed by atoms with Crippen LogP contribution in [0.3, 0.4) is 0 Å². The zero-order chi connectivity index (χ0) is 29.1. The summed E-state index contributed by atoms with van der Waals surface area (Å²) < 4.78 is 29.9. The van der Waals surface area contributed by atoms with Crippen molar-refractivity contribution in [2.24, 2.45) is 0 Å². The topological polar surface area (TPSA) is 112 Å². The van der Waals surface area contributed by atoms with Crippen molar-refractivity contribution in [3.8, 4) is 11.3 Å². The van der Waals surface area contributed by atoms with Gasteiger partial charge in [-0.25, -0.2) is 23.5 Å². The lowest BCUT2D eigenvalue weighted by atomic mass is 9.97. The number of fused-ring (bicyclic) bond motifs is 1. The predicted octanol–water partition coefficient (Wildman–Crippen LogP) is 5.28. The Hall–Kier alpha value is -4.93. The Morgan fingerprint density at radius 2 is 1.85 bits per heavy atom. The molecule has 11 heteroatoms. The Morgan fingerprint density at radius 1 is 1.07 bits per heavy atom. The van der Waals surface area contributed by atoms with E-state index >= 15 is 0 Å². The van der Waals surface area contributed by atoms with Gasteiger partial charge >= 0.3 is 6.03 Å². The first-order valence-corrected chi connectivity index (χ1v) is 13.2. The van der Waals surface area contributed by atoms with Crippen molar-refractivity contribution in [2.75, 3.05) is 16.8 Å². The highest BCUT2D eigenvalue weighted by atomic mass is 19.1. The maximum absolute atomic E-state index is 15.0. The average Bonchev–Trinajstić information content (AvgIpc) is 2.94. The van der Waals surface area contributed by atoms with E-state index in [0.717, 1.165) is 28.3 Å². The number of aryl methyl sites for hydroxylation is 1. The molecule has 2 aromatic carbocycles. The number of carbonyl (C=O) groups excluding carboxylic acids is 2. The van der Waals surface area contributed by atoms with E-state index in [4.69, 9.17) is 4.98 Å². The summed E-state index contributed by atoms with van der Waals surface area (Å²) in [5.74, 6) is -1.88. The van der Waals surface area contributed by atoms with E-state index in [9.17, 15) is 18.4 Å². The largest absolute Gasteiger partial charge is 0.354 e. The minimum Gasteiger partial charge on any atom is -0.354 e. The number of halogens is 2. The molecular weight excluding hydrogens is 528 g/mol. The smallest absolute Gasteiger partial charge is 0.328 e. The minimum atomic E-state index is -0.915. The fraction of sp³-hybridized carbons (Fsp3) is 0.233. The number of rotatable bonds is 8. The van der Waals surface area contributed by atoms with Crippen LogP contribution >= 0.6 is 0 Å². The van der Waals surface area contributed by atoms with Gasteiger partial charge in [-0.3, -0.25) is 9.78 Å². The van der Waals surface area contributed by atoms with Crippen molar-refractivity contribution in [1.82, 2.24) is 25.6 Å². The average molecular weight is 558 g/mol. The summed E-state index contributed by atoms with van der Waals surface area (Å²) in [7, 11) is 0. The summed E-state index contributed by atoms with van der Waals surface area (Å²) in [4.78, 5) is 40.4. The summed E-state index contributed by atoms with van der Waals surface area (Å²) in [6, 6.07) is 13.5. The van der Waals surface area contributed by atoms with Gasteiger partial charge in [-0.15, -0.1) is 0 Å². The number of nitrogens with one attached hydrogen (secondary N) is 3. The normalized spacial score (nSPS) is 12.6. The molecule has 0 saturated heterocycles. The highest BCUT2D eigenvalue weighted by Crippen LogP contribution is 2.39. The number of nitrogens with zero attached hydrogens (tertiary/aromatic N) is 4. The third kappa shape index (κ3) is 5.84. The number of amides is 3. The molecule has 0 fully saturated rings. The SMILES string of the molecule is Cc1ccc(C(=O)NC(C)C)cc1-c1nc(NCCc2ccccn2)nc2c1CNC(=O)N2c1c(F)cccc1F. The Balaban J connectivity index is 1.64. The van der Waals surface area contributed by atoms with Crippen LogP contribution in [0.2, 0.25) is 0 Å². The molecule has 3 heterocycles. The molecule has 5 rings (SSSR count). The summed E-state index contributed by atoms with van der Waals surface area (Å²) >= 11 is 0. The fourth-order valence-electron chi connectivity index (χ4n) is 4.58. The van der Waals surface area contributed by atoms with Gasteiger partial charge < -0.3 is 16.0 Å². The second-order valence-electron chi connectivity index (χ2n) is 9.92. The van der Waals surface area contributed by atoms with Crippen molar-refractivity contribution >= 4 is 29.4 Å². The number of pyridine rings is 1. The molecule has 9 nitrogen and oxygen atoms in total. The van der Waals surface area contributed by atoms with Crippen molar-refractivity contribution in [2.45, 2.75) is 39.8 Å². The second-order valence-corrected chi connectivity index (χ2v) is 9.92. The molecule has 4 aromatic rings. The first-order valence-electron chi connectivity index (χ1n) is 13.2. The van der Waals surface area contributed by atoms with Gasteiger partial charge in [0.1, 0.15) is 17.3 Å². The van der Waals surface area contributed by atoms with Crippen molar-refractivity contribution < 1.29 is 18.4 Å². The minimum absolute atomic E-state index is 0.0200. The van der Waals surface area contributed by atoms with Crippen LogP contribution in [0.5, 0.6) is 0 Å². The molecule has 0 aliphatic carbocycles. The van der Waals surface area contributed by atoms with E-state index in [0.29, 0.717) is 35.3 Å². The molecule has 0 spiro atoms. The van der Waals surface area contributed by atoms with E-state index in [1.54, 1.807) is 18.3 Å². The van der Waals surface area contributed by atoms with E-state index in [1.165, 1.54) is 6.07 Å². The van der Waals surface area contributed by atoms with Crippen LogP contribution < -0.4 is 20.9 Å². The highest BCUT2D eigenvalue weighted by molar-refractivity contribution is 6.02. The first-order chi connectivity index (χ1) is 19.7. The zero-order valence-corrected chi connectivity index (χ0v) is 22.8.